The Labute approximate surface area is 194 Å². The Bertz CT molecular complexity index is 1370. The van der Waals surface area contributed by atoms with Crippen molar-refractivity contribution in [2.75, 3.05) is 5.32 Å². The van der Waals surface area contributed by atoms with E-state index in [-0.39, 0.29) is 5.91 Å². The van der Waals surface area contributed by atoms with Gasteiger partial charge >= 0.3 is 0 Å². The van der Waals surface area contributed by atoms with E-state index >= 15 is 0 Å². The molecule has 6 heteroatoms. The molecular formula is C26H18ClN3OS. The Morgan fingerprint density at radius 1 is 0.906 bits per heavy atom. The zero-order valence-electron chi connectivity index (χ0n) is 16.9. The Balaban J connectivity index is 1.33. The van der Waals surface area contributed by atoms with Crippen LogP contribution in [-0.4, -0.2) is 15.5 Å². The molecule has 0 atom stereocenters. The smallest absolute Gasteiger partial charge is 0.255 e. The molecule has 0 spiro atoms. The van der Waals surface area contributed by atoms with Gasteiger partial charge in [-0.3, -0.25) is 4.79 Å². The van der Waals surface area contributed by atoms with Gasteiger partial charge in [0.2, 0.25) is 0 Å². The molecule has 2 heterocycles. The molecule has 0 unspecified atom stereocenters. The van der Waals surface area contributed by atoms with Crippen LogP contribution in [-0.2, 0) is 0 Å². The molecule has 0 fully saturated rings. The van der Waals surface area contributed by atoms with E-state index in [0.717, 1.165) is 27.5 Å². The number of nitrogens with one attached hydrogen (secondary N) is 1. The van der Waals surface area contributed by atoms with Gasteiger partial charge in [-0.2, -0.15) is 0 Å². The second-order valence-electron chi connectivity index (χ2n) is 7.19. The summed E-state index contributed by atoms with van der Waals surface area (Å²) in [5.74, 6) is -0.156. The number of carbonyl (C=O) groups excluding carboxylic acids is 1. The third kappa shape index (κ3) is 4.21. The summed E-state index contributed by atoms with van der Waals surface area (Å²) in [6.07, 6.45) is 3.94. The number of nitrogens with zero attached hydrogens (tertiary/aromatic N) is 2. The van der Waals surface area contributed by atoms with Crippen molar-refractivity contribution in [3.63, 3.8) is 0 Å². The standard InChI is InChI=1S/C26H18ClN3OS/c27-23-9-2-1-8-22(23)26-29-24(17-32-26)19-6-5-7-20(16-19)28-25(31)18-10-12-21(13-11-18)30-14-3-4-15-30/h1-17H,(H,28,31). The van der Waals surface area contributed by atoms with Gasteiger partial charge in [0.1, 0.15) is 5.01 Å². The number of halogens is 1. The molecule has 0 aliphatic carbocycles. The highest BCUT2D eigenvalue weighted by atomic mass is 35.5. The van der Waals surface area contributed by atoms with E-state index in [0.29, 0.717) is 16.3 Å². The average Bonchev–Trinajstić information content (AvgIpc) is 3.53. The van der Waals surface area contributed by atoms with Crippen LogP contribution in [0.1, 0.15) is 10.4 Å². The van der Waals surface area contributed by atoms with Crippen LogP contribution in [0.15, 0.2) is 103 Å². The highest BCUT2D eigenvalue weighted by molar-refractivity contribution is 7.13. The Morgan fingerprint density at radius 3 is 2.47 bits per heavy atom. The molecule has 156 valence electrons. The molecule has 0 aliphatic rings. The largest absolute Gasteiger partial charge is 0.324 e. The minimum Gasteiger partial charge on any atom is -0.324 e. The molecule has 1 N–H and O–H groups in total. The predicted octanol–water partition coefficient (Wildman–Crippen LogP) is 7.17. The summed E-state index contributed by atoms with van der Waals surface area (Å²) in [5.41, 5.74) is 5.01. The van der Waals surface area contributed by atoms with Crippen molar-refractivity contribution >= 4 is 34.5 Å². The van der Waals surface area contributed by atoms with Gasteiger partial charge in [-0.05, 0) is 54.6 Å². The van der Waals surface area contributed by atoms with Gasteiger partial charge in [0.05, 0.1) is 10.7 Å². The summed E-state index contributed by atoms with van der Waals surface area (Å²) >= 11 is 7.85. The zero-order chi connectivity index (χ0) is 21.9. The summed E-state index contributed by atoms with van der Waals surface area (Å²) in [4.78, 5) is 17.5. The predicted molar refractivity (Wildman–Crippen MR) is 132 cm³/mol. The summed E-state index contributed by atoms with van der Waals surface area (Å²) < 4.78 is 2.00. The van der Waals surface area contributed by atoms with Gasteiger partial charge in [-0.25, -0.2) is 4.98 Å². The molecule has 0 radical (unpaired) electrons. The number of amides is 1. The normalized spacial score (nSPS) is 10.8. The molecule has 1 amide bonds. The minimum absolute atomic E-state index is 0.156. The molecule has 5 rings (SSSR count). The lowest BCUT2D eigenvalue weighted by molar-refractivity contribution is 0.102. The number of benzene rings is 3. The number of anilines is 1. The van der Waals surface area contributed by atoms with Gasteiger partial charge in [0.15, 0.2) is 0 Å². The van der Waals surface area contributed by atoms with Crippen molar-refractivity contribution in [3.05, 3.63) is 113 Å². The van der Waals surface area contributed by atoms with E-state index in [4.69, 9.17) is 16.6 Å². The zero-order valence-corrected chi connectivity index (χ0v) is 18.5. The van der Waals surface area contributed by atoms with Crippen molar-refractivity contribution in [3.8, 4) is 27.5 Å². The Morgan fingerprint density at radius 2 is 1.69 bits per heavy atom. The first-order valence-corrected chi connectivity index (χ1v) is 11.3. The third-order valence-electron chi connectivity index (χ3n) is 5.06. The van der Waals surface area contributed by atoms with Crippen LogP contribution in [0, 0.1) is 0 Å². The molecule has 0 aliphatic heterocycles. The van der Waals surface area contributed by atoms with E-state index in [9.17, 15) is 4.79 Å². The van der Waals surface area contributed by atoms with Crippen LogP contribution in [0.4, 0.5) is 5.69 Å². The van der Waals surface area contributed by atoms with Crippen LogP contribution < -0.4 is 5.32 Å². The summed E-state index contributed by atoms with van der Waals surface area (Å²) in [6, 6.07) is 26.8. The van der Waals surface area contributed by atoms with Gasteiger partial charge < -0.3 is 9.88 Å². The Kier molecular flexibility index (Phi) is 5.58. The van der Waals surface area contributed by atoms with Crippen molar-refractivity contribution in [1.82, 2.24) is 9.55 Å². The van der Waals surface area contributed by atoms with Crippen LogP contribution in [0.2, 0.25) is 5.02 Å². The molecule has 2 aromatic heterocycles. The number of hydrogen-bond acceptors (Lipinski definition) is 3. The van der Waals surface area contributed by atoms with Crippen LogP contribution in [0.3, 0.4) is 0 Å². The summed E-state index contributed by atoms with van der Waals surface area (Å²) in [5, 5.41) is 6.52. The number of aromatic nitrogens is 2. The highest BCUT2D eigenvalue weighted by Crippen LogP contribution is 2.33. The average molecular weight is 456 g/mol. The number of carbonyl (C=O) groups is 1. The maximum Gasteiger partial charge on any atom is 0.255 e. The van der Waals surface area contributed by atoms with Gasteiger partial charge in [0.25, 0.3) is 5.91 Å². The summed E-state index contributed by atoms with van der Waals surface area (Å²) in [7, 11) is 0. The van der Waals surface area contributed by atoms with Crippen LogP contribution in [0.5, 0.6) is 0 Å². The van der Waals surface area contributed by atoms with Crippen molar-refractivity contribution in [2.45, 2.75) is 0 Å². The summed E-state index contributed by atoms with van der Waals surface area (Å²) in [6.45, 7) is 0. The van der Waals surface area contributed by atoms with Crippen molar-refractivity contribution in [2.24, 2.45) is 0 Å². The van der Waals surface area contributed by atoms with E-state index < -0.39 is 0 Å². The van der Waals surface area contributed by atoms with Gasteiger partial charge in [-0.15, -0.1) is 11.3 Å². The number of hydrogen-bond donors (Lipinski definition) is 1. The minimum atomic E-state index is -0.156. The lowest BCUT2D eigenvalue weighted by Gasteiger charge is -2.08. The number of rotatable bonds is 5. The topological polar surface area (TPSA) is 46.9 Å². The molecule has 4 nitrogen and oxygen atoms in total. The number of thiazole rings is 1. The monoisotopic (exact) mass is 455 g/mol. The highest BCUT2D eigenvalue weighted by Gasteiger charge is 2.11. The SMILES string of the molecule is O=C(Nc1cccc(-c2csc(-c3ccccc3Cl)n2)c1)c1ccc(-n2cccc2)cc1. The quantitative estimate of drug-likeness (QED) is 0.305. The first-order chi connectivity index (χ1) is 15.7. The first-order valence-electron chi connectivity index (χ1n) is 10.0. The molecular weight excluding hydrogens is 438 g/mol. The fraction of sp³-hybridized carbons (Fsp3) is 0. The third-order valence-corrected chi connectivity index (χ3v) is 6.26. The second kappa shape index (κ2) is 8.83. The molecule has 3 aromatic carbocycles. The van der Waals surface area contributed by atoms with E-state index in [1.165, 1.54) is 0 Å². The molecule has 0 saturated carbocycles. The molecule has 32 heavy (non-hydrogen) atoms. The van der Waals surface area contributed by atoms with Crippen molar-refractivity contribution in [1.29, 1.82) is 0 Å². The fourth-order valence-corrected chi connectivity index (χ4v) is 4.57. The first kappa shape index (κ1) is 20.2. The van der Waals surface area contributed by atoms with Gasteiger partial charge in [0, 0.05) is 45.8 Å². The van der Waals surface area contributed by atoms with Crippen LogP contribution >= 0.6 is 22.9 Å². The van der Waals surface area contributed by atoms with E-state index in [2.05, 4.69) is 5.32 Å². The van der Waals surface area contributed by atoms with Gasteiger partial charge in [-0.1, -0.05) is 41.9 Å². The van der Waals surface area contributed by atoms with E-state index in [1.807, 2.05) is 107 Å². The maximum absolute atomic E-state index is 12.7. The second-order valence-corrected chi connectivity index (χ2v) is 8.46. The maximum atomic E-state index is 12.7. The van der Waals surface area contributed by atoms with Crippen LogP contribution in [0.25, 0.3) is 27.5 Å². The molecule has 5 aromatic rings. The molecule has 0 saturated heterocycles. The Hall–Kier alpha value is -3.67. The lowest BCUT2D eigenvalue weighted by atomic mass is 10.1. The van der Waals surface area contributed by atoms with E-state index in [1.54, 1.807) is 11.3 Å². The molecule has 0 bridgehead atoms. The van der Waals surface area contributed by atoms with Crippen molar-refractivity contribution < 1.29 is 4.79 Å². The lowest BCUT2D eigenvalue weighted by Crippen LogP contribution is -2.11. The fourth-order valence-electron chi connectivity index (χ4n) is 3.42.